The lowest BCUT2D eigenvalue weighted by atomic mass is 9.89. The van der Waals surface area contributed by atoms with Crippen LogP contribution in [0, 0.1) is 0 Å². The third-order valence-electron chi connectivity index (χ3n) is 4.76. The first-order valence-electron chi connectivity index (χ1n) is 8.92. The first-order chi connectivity index (χ1) is 11.8. The molecule has 1 saturated heterocycles. The van der Waals surface area contributed by atoms with E-state index in [0.717, 1.165) is 37.2 Å². The van der Waals surface area contributed by atoms with Crippen molar-refractivity contribution in [1.29, 1.82) is 0 Å². The third kappa shape index (κ3) is 4.10. The Balaban J connectivity index is 1.85. The number of rotatable bonds is 5. The molecule has 0 aliphatic carbocycles. The zero-order chi connectivity index (χ0) is 18.0. The molecule has 0 saturated carbocycles. The van der Waals surface area contributed by atoms with Crippen molar-refractivity contribution in [2.45, 2.75) is 58.2 Å². The minimum Gasteiger partial charge on any atom is -0.480 e. The summed E-state index contributed by atoms with van der Waals surface area (Å²) in [6, 6.07) is 9.90. The Bertz CT molecular complexity index is 731. The number of benzene rings is 1. The van der Waals surface area contributed by atoms with Crippen molar-refractivity contribution >= 4 is 5.97 Å². The van der Waals surface area contributed by atoms with Crippen LogP contribution in [0.3, 0.4) is 0 Å². The zero-order valence-corrected chi connectivity index (χ0v) is 15.3. The van der Waals surface area contributed by atoms with E-state index < -0.39 is 5.97 Å². The van der Waals surface area contributed by atoms with Crippen LogP contribution in [0.2, 0.25) is 0 Å². The van der Waals surface area contributed by atoms with Gasteiger partial charge >= 0.3 is 5.97 Å². The van der Waals surface area contributed by atoms with Crippen LogP contribution in [0.1, 0.15) is 50.4 Å². The third-order valence-corrected chi connectivity index (χ3v) is 4.76. The molecule has 2 aromatic rings. The van der Waals surface area contributed by atoms with Gasteiger partial charge in [-0.3, -0.25) is 14.4 Å². The Morgan fingerprint density at radius 2 is 1.96 bits per heavy atom. The summed E-state index contributed by atoms with van der Waals surface area (Å²) in [5.41, 5.74) is 3.33. The molecule has 0 amide bonds. The lowest BCUT2D eigenvalue weighted by molar-refractivity contribution is -0.142. The summed E-state index contributed by atoms with van der Waals surface area (Å²) >= 11 is 0. The maximum atomic E-state index is 11.5. The molecule has 5 nitrogen and oxygen atoms in total. The average Bonchev–Trinajstić information content (AvgIpc) is 3.15. The van der Waals surface area contributed by atoms with Crippen LogP contribution in [0.15, 0.2) is 36.5 Å². The number of carbonyl (C=O) groups is 1. The molecular weight excluding hydrogens is 314 g/mol. The maximum absolute atomic E-state index is 11.5. The smallest absolute Gasteiger partial charge is 0.320 e. The van der Waals surface area contributed by atoms with Crippen LogP contribution in [0.25, 0.3) is 0 Å². The summed E-state index contributed by atoms with van der Waals surface area (Å²) < 4.78 is 1.98. The van der Waals surface area contributed by atoms with Gasteiger partial charge in [0.15, 0.2) is 0 Å². The van der Waals surface area contributed by atoms with E-state index >= 15 is 0 Å². The van der Waals surface area contributed by atoms with Gasteiger partial charge in [-0.05, 0) is 24.9 Å². The summed E-state index contributed by atoms with van der Waals surface area (Å²) in [7, 11) is 0. The number of aromatic nitrogens is 2. The van der Waals surface area contributed by atoms with Crippen molar-refractivity contribution in [3.63, 3.8) is 0 Å². The second kappa shape index (κ2) is 7.00. The predicted octanol–water partition coefficient (Wildman–Crippen LogP) is 3.28. The standard InChI is InChI=1S/C20H27N3O2/c1-20(2,3)18-16(13-22-11-7-10-17(22)19(24)25)14-23(21-18)12-15-8-5-4-6-9-15/h4-6,8-9,14,17H,7,10-13H2,1-3H3,(H,24,25)/t17-/m1/s1. The summed E-state index contributed by atoms with van der Waals surface area (Å²) in [6.45, 7) is 8.69. The van der Waals surface area contributed by atoms with Gasteiger partial charge in [0.25, 0.3) is 0 Å². The van der Waals surface area contributed by atoms with E-state index in [1.54, 1.807) is 0 Å². The van der Waals surface area contributed by atoms with Gasteiger partial charge in [-0.1, -0.05) is 51.1 Å². The summed E-state index contributed by atoms with van der Waals surface area (Å²) in [6.07, 6.45) is 3.77. The van der Waals surface area contributed by atoms with Crippen LogP contribution in [-0.4, -0.2) is 38.3 Å². The monoisotopic (exact) mass is 341 g/mol. The fourth-order valence-corrected chi connectivity index (χ4v) is 3.58. The summed E-state index contributed by atoms with van der Waals surface area (Å²) in [5.74, 6) is -0.716. The molecule has 2 heterocycles. The molecule has 3 rings (SSSR count). The Morgan fingerprint density at radius 1 is 1.24 bits per heavy atom. The fraction of sp³-hybridized carbons (Fsp3) is 0.500. The van der Waals surface area contributed by atoms with Gasteiger partial charge in [0.2, 0.25) is 0 Å². The molecule has 0 unspecified atom stereocenters. The van der Waals surface area contributed by atoms with Crippen molar-refractivity contribution < 1.29 is 9.90 Å². The second-order valence-corrected chi connectivity index (χ2v) is 7.90. The van der Waals surface area contributed by atoms with Gasteiger partial charge in [0, 0.05) is 23.7 Å². The number of carboxylic acids is 1. The fourth-order valence-electron chi connectivity index (χ4n) is 3.58. The average molecular weight is 341 g/mol. The molecule has 0 radical (unpaired) electrons. The largest absolute Gasteiger partial charge is 0.480 e. The lowest BCUT2D eigenvalue weighted by Gasteiger charge is -2.23. The van der Waals surface area contributed by atoms with Gasteiger partial charge in [-0.2, -0.15) is 5.10 Å². The summed E-state index contributed by atoms with van der Waals surface area (Å²) in [5, 5.41) is 14.3. The number of hydrogen-bond acceptors (Lipinski definition) is 3. The Morgan fingerprint density at radius 3 is 2.60 bits per heavy atom. The van der Waals surface area contributed by atoms with E-state index in [9.17, 15) is 9.90 Å². The number of hydrogen-bond donors (Lipinski definition) is 1. The van der Waals surface area contributed by atoms with E-state index in [-0.39, 0.29) is 11.5 Å². The van der Waals surface area contributed by atoms with Crippen molar-refractivity contribution in [2.24, 2.45) is 0 Å². The first-order valence-corrected chi connectivity index (χ1v) is 8.92. The van der Waals surface area contributed by atoms with Gasteiger partial charge in [0.05, 0.1) is 12.2 Å². The molecule has 1 N–H and O–H groups in total. The van der Waals surface area contributed by atoms with Gasteiger partial charge < -0.3 is 5.11 Å². The Labute approximate surface area is 149 Å². The van der Waals surface area contributed by atoms with Crippen molar-refractivity contribution in [2.75, 3.05) is 6.54 Å². The minimum absolute atomic E-state index is 0.0737. The molecule has 1 aliphatic rings. The van der Waals surface area contributed by atoms with Crippen molar-refractivity contribution in [1.82, 2.24) is 14.7 Å². The lowest BCUT2D eigenvalue weighted by Crippen LogP contribution is -2.35. The van der Waals surface area contributed by atoms with Gasteiger partial charge in [-0.15, -0.1) is 0 Å². The van der Waals surface area contributed by atoms with Crippen LogP contribution in [0.4, 0.5) is 0 Å². The highest BCUT2D eigenvalue weighted by Crippen LogP contribution is 2.28. The van der Waals surface area contributed by atoms with E-state index in [2.05, 4.69) is 44.0 Å². The van der Waals surface area contributed by atoms with E-state index in [1.165, 1.54) is 5.56 Å². The van der Waals surface area contributed by atoms with E-state index in [4.69, 9.17) is 5.10 Å². The van der Waals surface area contributed by atoms with Crippen molar-refractivity contribution in [3.8, 4) is 0 Å². The molecule has 0 bridgehead atoms. The normalized spacial score (nSPS) is 18.6. The topological polar surface area (TPSA) is 58.4 Å². The van der Waals surface area contributed by atoms with Crippen LogP contribution < -0.4 is 0 Å². The molecule has 1 atom stereocenters. The number of aliphatic carboxylic acids is 1. The SMILES string of the molecule is CC(C)(C)c1nn(Cc2ccccc2)cc1CN1CCC[C@@H]1C(=O)O. The van der Waals surface area contributed by atoms with E-state index in [1.807, 2.05) is 22.9 Å². The number of likely N-dealkylation sites (tertiary alicyclic amines) is 1. The molecule has 0 spiro atoms. The zero-order valence-electron chi connectivity index (χ0n) is 15.3. The minimum atomic E-state index is -0.716. The number of carboxylic acid groups (broad SMARTS) is 1. The first kappa shape index (κ1) is 17.7. The van der Waals surface area contributed by atoms with Crippen LogP contribution >= 0.6 is 0 Å². The van der Waals surface area contributed by atoms with Crippen molar-refractivity contribution in [3.05, 3.63) is 53.3 Å². The molecule has 1 aliphatic heterocycles. The van der Waals surface area contributed by atoms with Gasteiger partial charge in [0.1, 0.15) is 6.04 Å². The highest BCUT2D eigenvalue weighted by Gasteiger charge is 2.32. The van der Waals surface area contributed by atoms with Crippen LogP contribution in [0.5, 0.6) is 0 Å². The molecule has 1 aromatic carbocycles. The highest BCUT2D eigenvalue weighted by molar-refractivity contribution is 5.73. The predicted molar refractivity (Wildman–Crippen MR) is 97.5 cm³/mol. The maximum Gasteiger partial charge on any atom is 0.320 e. The van der Waals surface area contributed by atoms with Gasteiger partial charge in [-0.25, -0.2) is 0 Å². The summed E-state index contributed by atoms with van der Waals surface area (Å²) in [4.78, 5) is 13.5. The molecule has 134 valence electrons. The Hall–Kier alpha value is -2.14. The molecular formula is C20H27N3O2. The number of nitrogens with zero attached hydrogens (tertiary/aromatic N) is 3. The molecule has 5 heteroatoms. The quantitative estimate of drug-likeness (QED) is 0.907. The van der Waals surface area contributed by atoms with Crippen LogP contribution in [-0.2, 0) is 23.3 Å². The highest BCUT2D eigenvalue weighted by atomic mass is 16.4. The second-order valence-electron chi connectivity index (χ2n) is 7.90. The molecule has 25 heavy (non-hydrogen) atoms. The molecule has 1 fully saturated rings. The Kier molecular flexibility index (Phi) is 4.95. The molecule has 1 aromatic heterocycles. The van der Waals surface area contributed by atoms with E-state index in [0.29, 0.717) is 6.54 Å².